The Kier molecular flexibility index (Phi) is 8.07. The minimum absolute atomic E-state index is 0.0184. The Balaban J connectivity index is 1.39. The molecule has 200 valence electrons. The van der Waals surface area contributed by atoms with Gasteiger partial charge in [-0.1, -0.05) is 24.3 Å². The molecule has 2 saturated heterocycles. The van der Waals surface area contributed by atoms with E-state index in [0.29, 0.717) is 56.7 Å². The second-order valence-corrected chi connectivity index (χ2v) is 10.9. The highest BCUT2D eigenvalue weighted by Crippen LogP contribution is 2.34. The number of carbonyl (C=O) groups excluding carboxylic acids is 2. The van der Waals surface area contributed by atoms with Gasteiger partial charge in [-0.05, 0) is 75.8 Å². The van der Waals surface area contributed by atoms with Gasteiger partial charge < -0.3 is 24.4 Å². The largest absolute Gasteiger partial charge is 0.496 e. The molecule has 7 nitrogen and oxygen atoms in total. The second-order valence-electron chi connectivity index (χ2n) is 10.9. The SMILES string of the molecule is COc1ccc(F)cc1-c1ccc(C[C@]2(C(=O)NC3CCN(C(=O)OC(C)(C)C)CC3)CCCO2)cc1. The predicted octanol–water partition coefficient (Wildman–Crippen LogP) is 5.11. The number of hydrogen-bond acceptors (Lipinski definition) is 5. The summed E-state index contributed by atoms with van der Waals surface area (Å²) in [6, 6.07) is 12.2. The van der Waals surface area contributed by atoms with E-state index in [-0.39, 0.29) is 23.9 Å². The lowest BCUT2D eigenvalue weighted by molar-refractivity contribution is -0.142. The zero-order valence-electron chi connectivity index (χ0n) is 22.1. The molecule has 0 saturated carbocycles. The summed E-state index contributed by atoms with van der Waals surface area (Å²) in [4.78, 5) is 27.5. The molecule has 2 aliphatic rings. The lowest BCUT2D eigenvalue weighted by atomic mass is 9.89. The van der Waals surface area contributed by atoms with Crippen molar-refractivity contribution in [3.63, 3.8) is 0 Å². The number of hydrogen-bond donors (Lipinski definition) is 1. The van der Waals surface area contributed by atoms with Gasteiger partial charge in [0.25, 0.3) is 5.91 Å². The van der Waals surface area contributed by atoms with Gasteiger partial charge in [-0.2, -0.15) is 0 Å². The van der Waals surface area contributed by atoms with Crippen LogP contribution in [0.1, 0.15) is 52.0 Å². The van der Waals surface area contributed by atoms with Gasteiger partial charge in [0.05, 0.1) is 7.11 Å². The third-order valence-corrected chi connectivity index (χ3v) is 6.92. The Morgan fingerprint density at radius 1 is 1.14 bits per heavy atom. The Morgan fingerprint density at radius 2 is 1.84 bits per heavy atom. The molecule has 0 aromatic heterocycles. The molecule has 1 N–H and O–H groups in total. The maximum absolute atomic E-state index is 13.8. The van der Waals surface area contributed by atoms with Crippen molar-refractivity contribution in [2.75, 3.05) is 26.8 Å². The van der Waals surface area contributed by atoms with E-state index in [1.165, 1.54) is 12.1 Å². The number of methoxy groups -OCH3 is 1. The molecule has 0 aliphatic carbocycles. The summed E-state index contributed by atoms with van der Waals surface area (Å²) in [5.74, 6) is 0.171. The van der Waals surface area contributed by atoms with Crippen LogP contribution in [0.5, 0.6) is 5.75 Å². The first kappa shape index (κ1) is 26.9. The smallest absolute Gasteiger partial charge is 0.410 e. The first-order valence-electron chi connectivity index (χ1n) is 12.9. The maximum Gasteiger partial charge on any atom is 0.410 e. The topological polar surface area (TPSA) is 77.1 Å². The monoisotopic (exact) mass is 512 g/mol. The summed E-state index contributed by atoms with van der Waals surface area (Å²) in [7, 11) is 1.56. The Morgan fingerprint density at radius 3 is 2.43 bits per heavy atom. The van der Waals surface area contributed by atoms with Gasteiger partial charge in [0.15, 0.2) is 5.60 Å². The molecule has 37 heavy (non-hydrogen) atoms. The number of piperidine rings is 1. The lowest BCUT2D eigenvalue weighted by Gasteiger charge is -2.35. The van der Waals surface area contributed by atoms with Crippen LogP contribution in [0, 0.1) is 5.82 Å². The van der Waals surface area contributed by atoms with Crippen LogP contribution in [0.25, 0.3) is 11.1 Å². The highest BCUT2D eigenvalue weighted by molar-refractivity contribution is 5.86. The van der Waals surface area contributed by atoms with Crippen molar-refractivity contribution in [1.82, 2.24) is 10.2 Å². The van der Waals surface area contributed by atoms with Gasteiger partial charge >= 0.3 is 6.09 Å². The minimum Gasteiger partial charge on any atom is -0.496 e. The third-order valence-electron chi connectivity index (χ3n) is 6.92. The highest BCUT2D eigenvalue weighted by atomic mass is 19.1. The maximum atomic E-state index is 13.8. The van der Waals surface area contributed by atoms with E-state index < -0.39 is 11.2 Å². The molecule has 2 aliphatic heterocycles. The van der Waals surface area contributed by atoms with Crippen LogP contribution in [-0.2, 0) is 20.7 Å². The number of rotatable bonds is 6. The zero-order chi connectivity index (χ0) is 26.6. The minimum atomic E-state index is -0.916. The molecule has 0 bridgehead atoms. The predicted molar refractivity (Wildman–Crippen MR) is 139 cm³/mol. The quantitative estimate of drug-likeness (QED) is 0.582. The van der Waals surface area contributed by atoms with Crippen molar-refractivity contribution in [2.24, 2.45) is 0 Å². The standard InChI is InChI=1S/C29H37FN2O5/c1-28(2,3)37-27(34)32-15-12-23(13-16-32)31-26(33)29(14-5-17-36-29)19-20-6-8-21(9-7-20)24-18-22(30)10-11-25(24)35-4/h6-11,18,23H,5,12-17,19H2,1-4H3,(H,31,33)/t29-/m0/s1. The van der Waals surface area contributed by atoms with Crippen molar-refractivity contribution < 1.29 is 28.2 Å². The van der Waals surface area contributed by atoms with Crippen molar-refractivity contribution in [1.29, 1.82) is 0 Å². The lowest BCUT2D eigenvalue weighted by Crippen LogP contribution is -2.54. The summed E-state index contributed by atoms with van der Waals surface area (Å²) in [5, 5.41) is 3.19. The van der Waals surface area contributed by atoms with Gasteiger partial charge in [0.2, 0.25) is 0 Å². The summed E-state index contributed by atoms with van der Waals surface area (Å²) < 4.78 is 30.7. The normalized spacial score (nSPS) is 20.5. The fourth-order valence-electron chi connectivity index (χ4n) is 4.98. The first-order valence-corrected chi connectivity index (χ1v) is 12.9. The third kappa shape index (κ3) is 6.60. The molecule has 2 amide bonds. The first-order chi connectivity index (χ1) is 17.6. The van der Waals surface area contributed by atoms with E-state index >= 15 is 0 Å². The van der Waals surface area contributed by atoms with E-state index in [4.69, 9.17) is 14.2 Å². The van der Waals surface area contributed by atoms with Crippen molar-refractivity contribution >= 4 is 12.0 Å². The van der Waals surface area contributed by atoms with Gasteiger partial charge in [-0.25, -0.2) is 9.18 Å². The van der Waals surface area contributed by atoms with Crippen molar-refractivity contribution in [3.8, 4) is 16.9 Å². The molecule has 0 spiro atoms. The summed E-state index contributed by atoms with van der Waals surface area (Å²) in [5.41, 5.74) is 1.03. The van der Waals surface area contributed by atoms with Crippen LogP contribution in [-0.4, -0.2) is 61.0 Å². The number of ether oxygens (including phenoxy) is 3. The summed E-state index contributed by atoms with van der Waals surface area (Å²) in [6.07, 6.45) is 2.96. The van der Waals surface area contributed by atoms with Crippen molar-refractivity contribution in [2.45, 2.75) is 70.1 Å². The molecule has 2 aromatic carbocycles. The molecule has 2 heterocycles. The molecular formula is C29H37FN2O5. The zero-order valence-corrected chi connectivity index (χ0v) is 22.1. The highest BCUT2D eigenvalue weighted by Gasteiger charge is 2.43. The average molecular weight is 513 g/mol. The molecular weight excluding hydrogens is 475 g/mol. The number of benzene rings is 2. The molecule has 4 rings (SSSR count). The fraction of sp³-hybridized carbons (Fsp3) is 0.517. The van der Waals surface area contributed by atoms with Gasteiger partial charge in [-0.15, -0.1) is 0 Å². The van der Waals surface area contributed by atoms with Crippen LogP contribution in [0.15, 0.2) is 42.5 Å². The molecule has 8 heteroatoms. The van der Waals surface area contributed by atoms with Crippen LogP contribution < -0.4 is 10.1 Å². The van der Waals surface area contributed by atoms with Gasteiger partial charge in [-0.3, -0.25) is 4.79 Å². The fourth-order valence-corrected chi connectivity index (χ4v) is 4.98. The Bertz CT molecular complexity index is 1100. The molecule has 0 radical (unpaired) electrons. The number of nitrogens with zero attached hydrogens (tertiary/aromatic N) is 1. The van der Waals surface area contributed by atoms with Crippen LogP contribution in [0.4, 0.5) is 9.18 Å². The van der Waals surface area contributed by atoms with Crippen LogP contribution in [0.2, 0.25) is 0 Å². The van der Waals surface area contributed by atoms with Gasteiger partial charge in [0, 0.05) is 37.7 Å². The number of carbonyl (C=O) groups is 2. The Labute approximate surface area is 218 Å². The molecule has 0 unspecified atom stereocenters. The van der Waals surface area contributed by atoms with E-state index in [1.807, 2.05) is 45.0 Å². The summed E-state index contributed by atoms with van der Waals surface area (Å²) >= 11 is 0. The van der Waals surface area contributed by atoms with Crippen LogP contribution >= 0.6 is 0 Å². The Hall–Kier alpha value is -3.13. The van der Waals surface area contributed by atoms with E-state index in [0.717, 1.165) is 17.5 Å². The van der Waals surface area contributed by atoms with E-state index in [2.05, 4.69) is 5.32 Å². The van der Waals surface area contributed by atoms with Gasteiger partial charge in [0.1, 0.15) is 17.2 Å². The number of amides is 2. The number of likely N-dealkylation sites (tertiary alicyclic amines) is 1. The summed E-state index contributed by atoms with van der Waals surface area (Å²) in [6.45, 7) is 7.18. The van der Waals surface area contributed by atoms with Crippen molar-refractivity contribution in [3.05, 3.63) is 53.8 Å². The number of nitrogens with one attached hydrogen (secondary N) is 1. The van der Waals surface area contributed by atoms with Crippen LogP contribution in [0.3, 0.4) is 0 Å². The number of halogens is 1. The molecule has 2 aromatic rings. The second kappa shape index (κ2) is 11.1. The molecule has 2 fully saturated rings. The average Bonchev–Trinajstić information content (AvgIpc) is 3.33. The molecule has 1 atom stereocenters. The van der Waals surface area contributed by atoms with E-state index in [1.54, 1.807) is 18.1 Å². The van der Waals surface area contributed by atoms with E-state index in [9.17, 15) is 14.0 Å².